The summed E-state index contributed by atoms with van der Waals surface area (Å²) < 4.78 is 33.8. The van der Waals surface area contributed by atoms with E-state index in [0.29, 0.717) is 37.2 Å². The number of ketones is 2. The van der Waals surface area contributed by atoms with Crippen LogP contribution < -0.4 is 0 Å². The van der Waals surface area contributed by atoms with Gasteiger partial charge in [0.15, 0.2) is 18.4 Å². The first kappa shape index (κ1) is 37.4. The fraction of sp³-hybridized carbons (Fsp3) is 0.864. The fourth-order valence-corrected chi connectivity index (χ4v) is 16.6. The molecule has 9 rings (SSSR count). The molecule has 9 aliphatic rings. The summed E-state index contributed by atoms with van der Waals surface area (Å²) in [6, 6.07) is 0. The monoisotopic (exact) mass is 750 g/mol. The molecule has 54 heavy (non-hydrogen) atoms. The highest BCUT2D eigenvalue weighted by Gasteiger charge is 2.91. The molecule has 9 fully saturated rings. The van der Waals surface area contributed by atoms with Crippen molar-refractivity contribution in [3.8, 4) is 0 Å². The average Bonchev–Trinajstić information content (AvgIpc) is 3.75. The first-order chi connectivity index (χ1) is 25.1. The maximum atomic E-state index is 15.4. The molecule has 10 heteroatoms. The summed E-state index contributed by atoms with van der Waals surface area (Å²) in [5.41, 5.74) is -4.48. The van der Waals surface area contributed by atoms with Gasteiger partial charge in [-0.2, -0.15) is 0 Å². The van der Waals surface area contributed by atoms with E-state index in [1.807, 2.05) is 27.7 Å². The molecule has 0 aromatic carbocycles. The largest absolute Gasteiger partial charge is 0.459 e. The zero-order chi connectivity index (χ0) is 38.9. The standard InChI is InChI=1S/C44H62O10/c1-21-25-16-27(31-40(9)14-11-13-38(5,6)29(40)12-15-42(31,18-25)33(21)47)52-37-43-19-26(22(2)34(43)48)17-30-44(43,54-30)41(10)32(36(49)53-37)39(7,8)20-28(50-23(3)45)35(41)51-24(4)46/h22,25-32,35-37,49H,1,11-20H2,2-10H3/t22-,25-,26-,27+,28+,29-,30-,31+,32-,35+,36-,37-,40-,41+,42-,43+,44+/m1/s1. The van der Waals surface area contributed by atoms with Gasteiger partial charge in [0.1, 0.15) is 29.0 Å². The molecule has 4 bridgehead atoms. The van der Waals surface area contributed by atoms with Crippen LogP contribution in [-0.4, -0.2) is 71.2 Å². The number of esters is 2. The molecule has 7 saturated carbocycles. The van der Waals surface area contributed by atoms with Crippen LogP contribution in [0.5, 0.6) is 0 Å². The van der Waals surface area contributed by atoms with E-state index in [4.69, 9.17) is 23.7 Å². The minimum atomic E-state index is -1.43. The third kappa shape index (κ3) is 4.33. The average molecular weight is 751 g/mol. The normalized spacial score (nSPS) is 54.6. The summed E-state index contributed by atoms with van der Waals surface area (Å²) in [4.78, 5) is 55.5. The van der Waals surface area contributed by atoms with Gasteiger partial charge < -0.3 is 28.8 Å². The maximum Gasteiger partial charge on any atom is 0.303 e. The van der Waals surface area contributed by atoms with Crippen molar-refractivity contribution in [3.63, 3.8) is 0 Å². The van der Waals surface area contributed by atoms with Gasteiger partial charge in [0, 0.05) is 42.4 Å². The first-order valence-electron chi connectivity index (χ1n) is 20.9. The van der Waals surface area contributed by atoms with Crippen LogP contribution in [0.1, 0.15) is 127 Å². The molecule has 17 atom stereocenters. The molecule has 0 amide bonds. The molecule has 2 saturated heterocycles. The van der Waals surface area contributed by atoms with Gasteiger partial charge in [-0.15, -0.1) is 0 Å². The van der Waals surface area contributed by atoms with Crippen LogP contribution in [0.2, 0.25) is 0 Å². The molecule has 3 spiro atoms. The Morgan fingerprint density at radius 3 is 2.26 bits per heavy atom. The summed E-state index contributed by atoms with van der Waals surface area (Å²) in [6.07, 6.45) is 2.54. The summed E-state index contributed by atoms with van der Waals surface area (Å²) in [5, 5.41) is 12.6. The summed E-state index contributed by atoms with van der Waals surface area (Å²) in [5.74, 6) is -1.57. The molecule has 2 heterocycles. The van der Waals surface area contributed by atoms with Gasteiger partial charge in [-0.1, -0.05) is 61.5 Å². The highest BCUT2D eigenvalue weighted by molar-refractivity contribution is 6.03. The van der Waals surface area contributed by atoms with Crippen molar-refractivity contribution in [2.24, 2.45) is 68.0 Å². The number of hydrogen-bond acceptors (Lipinski definition) is 10. The van der Waals surface area contributed by atoms with Gasteiger partial charge in [-0.05, 0) is 97.4 Å². The number of carbonyl (C=O) groups excluding carboxylic acids is 4. The maximum absolute atomic E-state index is 15.4. The lowest BCUT2D eigenvalue weighted by Crippen LogP contribution is -2.71. The summed E-state index contributed by atoms with van der Waals surface area (Å²) in [6.45, 7) is 22.2. The lowest BCUT2D eigenvalue weighted by molar-refractivity contribution is -0.315. The van der Waals surface area contributed by atoms with Crippen molar-refractivity contribution >= 4 is 23.5 Å². The highest BCUT2D eigenvalue weighted by Crippen LogP contribution is 2.80. The topological polar surface area (TPSA) is 138 Å². The Labute approximate surface area is 320 Å². The number of carbonyl (C=O) groups is 4. The van der Waals surface area contributed by atoms with Crippen LogP contribution >= 0.6 is 0 Å². The Bertz CT molecular complexity index is 1720. The van der Waals surface area contributed by atoms with Crippen molar-refractivity contribution in [2.75, 3.05) is 0 Å². The van der Waals surface area contributed by atoms with E-state index >= 15 is 4.79 Å². The number of Topliss-reactive ketones (excluding diaryl/α,β-unsaturated/α-hetero) is 2. The highest BCUT2D eigenvalue weighted by atomic mass is 16.7. The van der Waals surface area contributed by atoms with E-state index < -0.39 is 76.0 Å². The van der Waals surface area contributed by atoms with Crippen molar-refractivity contribution in [1.29, 1.82) is 0 Å². The molecular weight excluding hydrogens is 688 g/mol. The molecule has 7 aliphatic carbocycles. The Balaban J connectivity index is 1.22. The Hall–Kier alpha value is -2.14. The van der Waals surface area contributed by atoms with E-state index in [1.165, 1.54) is 13.8 Å². The number of hydrogen-bond donors (Lipinski definition) is 1. The van der Waals surface area contributed by atoms with Gasteiger partial charge in [0.2, 0.25) is 0 Å². The van der Waals surface area contributed by atoms with Gasteiger partial charge in [0.25, 0.3) is 0 Å². The second-order valence-corrected chi connectivity index (χ2v) is 21.4. The lowest BCUT2D eigenvalue weighted by atomic mass is 9.40. The number of fused-ring (bicyclic) bond motifs is 5. The minimum absolute atomic E-state index is 0.0129. The van der Waals surface area contributed by atoms with Crippen LogP contribution in [0, 0.1) is 68.0 Å². The predicted molar refractivity (Wildman–Crippen MR) is 195 cm³/mol. The third-order valence-electron chi connectivity index (χ3n) is 18.0. The second-order valence-electron chi connectivity index (χ2n) is 21.4. The van der Waals surface area contributed by atoms with Crippen LogP contribution in [0.15, 0.2) is 12.2 Å². The van der Waals surface area contributed by atoms with Gasteiger partial charge in [0.05, 0.1) is 12.2 Å². The van der Waals surface area contributed by atoms with Crippen LogP contribution in [0.25, 0.3) is 0 Å². The molecule has 0 unspecified atom stereocenters. The molecular formula is C44H62O10. The number of aliphatic hydroxyl groups excluding tert-OH is 1. The Morgan fingerprint density at radius 2 is 1.57 bits per heavy atom. The molecule has 10 nitrogen and oxygen atoms in total. The van der Waals surface area contributed by atoms with Gasteiger partial charge in [-0.25, -0.2) is 0 Å². The zero-order valence-corrected chi connectivity index (χ0v) is 33.8. The van der Waals surface area contributed by atoms with Crippen molar-refractivity contribution in [1.82, 2.24) is 0 Å². The molecule has 1 N–H and O–H groups in total. The SMILES string of the molecule is C=C1C(=O)[C@@]23CC[C@@H]4C(C)(C)CCC[C@@]4(C)[C@@H]2[C@@H](O[C@@H]2O[C@@H](O)[C@@H]4C(C)(C)C[C@H](OC(C)=O)[C@H](OC(C)=O)[C@@]4(C)[C@@]45O[C@@H]4C[C@@H]4C[C@]25C(=O)[C@@H]4C)C[C@@H]1C3. The summed E-state index contributed by atoms with van der Waals surface area (Å²) >= 11 is 0. The fourth-order valence-electron chi connectivity index (χ4n) is 16.6. The first-order valence-corrected chi connectivity index (χ1v) is 20.9. The number of aliphatic hydroxyl groups is 1. The minimum Gasteiger partial charge on any atom is -0.459 e. The molecule has 0 radical (unpaired) electrons. The lowest BCUT2D eigenvalue weighted by Gasteiger charge is -2.65. The van der Waals surface area contributed by atoms with E-state index in [0.717, 1.165) is 38.5 Å². The van der Waals surface area contributed by atoms with Gasteiger partial charge >= 0.3 is 11.9 Å². The third-order valence-corrected chi connectivity index (χ3v) is 18.0. The van der Waals surface area contributed by atoms with Crippen LogP contribution in [0.3, 0.4) is 0 Å². The quantitative estimate of drug-likeness (QED) is 0.193. The molecule has 0 aromatic rings. The van der Waals surface area contributed by atoms with Crippen molar-refractivity contribution in [3.05, 3.63) is 12.2 Å². The number of allylic oxidation sites excluding steroid dienone is 1. The van der Waals surface area contributed by atoms with E-state index in [2.05, 4.69) is 27.4 Å². The molecule has 298 valence electrons. The second kappa shape index (κ2) is 11.3. The van der Waals surface area contributed by atoms with Crippen LogP contribution in [0.4, 0.5) is 0 Å². The number of rotatable bonds is 4. The zero-order valence-electron chi connectivity index (χ0n) is 33.8. The molecule has 2 aliphatic heterocycles. The predicted octanol–water partition coefficient (Wildman–Crippen LogP) is 6.49. The summed E-state index contributed by atoms with van der Waals surface area (Å²) in [7, 11) is 0. The van der Waals surface area contributed by atoms with Crippen LogP contribution in [-0.2, 0) is 42.9 Å². The molecule has 0 aromatic heterocycles. The van der Waals surface area contributed by atoms with E-state index in [9.17, 15) is 19.5 Å². The van der Waals surface area contributed by atoms with Crippen molar-refractivity contribution in [2.45, 2.75) is 169 Å². The van der Waals surface area contributed by atoms with E-state index in [-0.39, 0.29) is 52.2 Å². The number of ether oxygens (including phenoxy) is 5. The van der Waals surface area contributed by atoms with E-state index in [1.54, 1.807) is 0 Å². The number of epoxide rings is 1. The smallest absolute Gasteiger partial charge is 0.303 e. The van der Waals surface area contributed by atoms with Crippen molar-refractivity contribution < 1.29 is 48.0 Å². The Kier molecular flexibility index (Phi) is 7.82. The van der Waals surface area contributed by atoms with Gasteiger partial charge in [-0.3, -0.25) is 19.2 Å². The Morgan fingerprint density at radius 1 is 0.870 bits per heavy atom.